The summed E-state index contributed by atoms with van der Waals surface area (Å²) in [5.41, 5.74) is 0. The first-order chi connectivity index (χ1) is 36.5. The Morgan fingerprint density at radius 3 is 1.81 bits per heavy atom. The minimum atomic E-state index is -1.98. The maximum atomic E-state index is 14.1. The number of fused-ring (bicyclic) bond motifs is 5. The second kappa shape index (κ2) is 30.9. The van der Waals surface area contributed by atoms with Gasteiger partial charge in [0.2, 0.25) is 0 Å². The highest BCUT2D eigenvalue weighted by molar-refractivity contribution is 5.73. The monoisotopic (exact) mass is 1110 g/mol. The minimum absolute atomic E-state index is 0.0541. The van der Waals surface area contributed by atoms with Gasteiger partial charge in [0, 0.05) is 6.42 Å². The van der Waals surface area contributed by atoms with E-state index in [0.717, 1.165) is 51.4 Å². The van der Waals surface area contributed by atoms with Crippen molar-refractivity contribution in [3.63, 3.8) is 0 Å². The van der Waals surface area contributed by atoms with Gasteiger partial charge in [-0.25, -0.2) is 0 Å². The molecule has 446 valence electrons. The lowest BCUT2D eigenvalue weighted by molar-refractivity contribution is -0.378. The molecule has 0 spiro atoms. The SMILES string of the molecule is CCCCCC1CCCCCCCCCC(=O)O[C@@H]2[C@@H](O[C@@H]3O[C@H](C)[C@@H](OC(=O)[C@@H](C)CC)[C@H](O)[C@H]3O)[C@H](C)O[C@@H](O[C@@H]3[C@@H](O)[C@H](O)[C@@H](COC(=O)[C@@H](C)[C@H](C)O)O[C@H]3[C@H]3[C@H](O1)O[C@H](C)[C@@H](O)[C@@H]3O)[C@@H]2OC(=O)C(C)CC. The van der Waals surface area contributed by atoms with E-state index in [9.17, 15) is 54.9 Å². The first-order valence-electron chi connectivity index (χ1n) is 28.7. The zero-order valence-corrected chi connectivity index (χ0v) is 47.0. The Hall–Kier alpha value is -2.68. The van der Waals surface area contributed by atoms with Crippen molar-refractivity contribution in [1.29, 1.82) is 0 Å². The maximum absolute atomic E-state index is 14.1. The smallest absolute Gasteiger partial charge is 0.311 e. The molecule has 2 unspecified atom stereocenters. The number of ether oxygens (including phenoxy) is 11. The van der Waals surface area contributed by atoms with Crippen LogP contribution < -0.4 is 0 Å². The van der Waals surface area contributed by atoms with E-state index in [1.165, 1.54) is 27.7 Å². The van der Waals surface area contributed by atoms with Gasteiger partial charge in [0.05, 0.1) is 66.4 Å². The number of aliphatic hydroxyl groups is 7. The van der Waals surface area contributed by atoms with Crippen LogP contribution in [0, 0.1) is 23.7 Å². The van der Waals surface area contributed by atoms with Crippen molar-refractivity contribution in [2.75, 3.05) is 6.61 Å². The van der Waals surface area contributed by atoms with E-state index in [4.69, 9.17) is 52.1 Å². The fourth-order valence-electron chi connectivity index (χ4n) is 10.4. The van der Waals surface area contributed by atoms with E-state index >= 15 is 0 Å². The predicted octanol–water partition coefficient (Wildman–Crippen LogP) is 3.42. The molecule has 0 aromatic rings. The van der Waals surface area contributed by atoms with E-state index in [1.54, 1.807) is 34.6 Å². The van der Waals surface area contributed by atoms with Gasteiger partial charge in [-0.15, -0.1) is 0 Å². The molecular formula is C55H94O22. The molecule has 7 N–H and O–H groups in total. The topological polar surface area (TPSA) is 311 Å². The lowest BCUT2D eigenvalue weighted by atomic mass is 9.80. The molecule has 22 nitrogen and oxygen atoms in total. The van der Waals surface area contributed by atoms with E-state index in [-0.39, 0.29) is 12.5 Å². The van der Waals surface area contributed by atoms with Crippen LogP contribution in [-0.4, -0.2) is 195 Å². The molecule has 0 aliphatic carbocycles. The highest BCUT2D eigenvalue weighted by Gasteiger charge is 2.60. The third-order valence-corrected chi connectivity index (χ3v) is 16.2. The Balaban J connectivity index is 1.62. The molecular weight excluding hydrogens is 1010 g/mol. The summed E-state index contributed by atoms with van der Waals surface area (Å²) >= 11 is 0. The van der Waals surface area contributed by atoms with Gasteiger partial charge >= 0.3 is 23.9 Å². The first-order valence-corrected chi connectivity index (χ1v) is 28.7. The summed E-state index contributed by atoms with van der Waals surface area (Å²) in [5.74, 6) is -6.54. The van der Waals surface area contributed by atoms with Crippen LogP contribution in [0.1, 0.15) is 166 Å². The average Bonchev–Trinajstić information content (AvgIpc) is 3.39. The van der Waals surface area contributed by atoms with Crippen molar-refractivity contribution in [2.24, 2.45) is 23.7 Å². The second-order valence-corrected chi connectivity index (χ2v) is 22.3. The molecule has 5 fully saturated rings. The van der Waals surface area contributed by atoms with E-state index < -0.39 is 177 Å². The average molecular weight is 1110 g/mol. The van der Waals surface area contributed by atoms with Crippen LogP contribution in [0.2, 0.25) is 0 Å². The van der Waals surface area contributed by atoms with Crippen molar-refractivity contribution in [2.45, 2.75) is 294 Å². The fraction of sp³-hybridized carbons (Fsp3) is 0.927. The van der Waals surface area contributed by atoms with Crippen molar-refractivity contribution in [1.82, 2.24) is 0 Å². The molecule has 0 saturated carbocycles. The summed E-state index contributed by atoms with van der Waals surface area (Å²) in [7, 11) is 0. The Bertz CT molecular complexity index is 1810. The summed E-state index contributed by atoms with van der Waals surface area (Å²) in [6.07, 6.45) is -20.9. The molecule has 0 amide bonds. The first kappa shape index (κ1) is 65.1. The highest BCUT2D eigenvalue weighted by Crippen LogP contribution is 2.42. The molecule has 5 aliphatic rings. The van der Waals surface area contributed by atoms with Crippen LogP contribution >= 0.6 is 0 Å². The number of hydrogen-bond acceptors (Lipinski definition) is 22. The van der Waals surface area contributed by atoms with Gasteiger partial charge < -0.3 is 87.9 Å². The quantitative estimate of drug-likeness (QED) is 0.0662. The largest absolute Gasteiger partial charge is 0.463 e. The Morgan fingerprint density at radius 1 is 0.584 bits per heavy atom. The van der Waals surface area contributed by atoms with Gasteiger partial charge in [0.15, 0.2) is 37.2 Å². The van der Waals surface area contributed by atoms with Crippen molar-refractivity contribution in [3.05, 3.63) is 0 Å². The van der Waals surface area contributed by atoms with Crippen LogP contribution in [-0.2, 0) is 71.3 Å². The number of unbranched alkanes of at least 4 members (excludes halogenated alkanes) is 2. The fourth-order valence-corrected chi connectivity index (χ4v) is 10.4. The lowest BCUT2D eigenvalue weighted by Gasteiger charge is -2.52. The zero-order valence-electron chi connectivity index (χ0n) is 47.0. The van der Waals surface area contributed by atoms with Crippen LogP contribution in [0.15, 0.2) is 0 Å². The third kappa shape index (κ3) is 17.2. The number of aliphatic hydroxyl groups excluding tert-OH is 7. The molecule has 0 aromatic carbocycles. The number of carbonyl (C=O) groups is 4. The summed E-state index contributed by atoms with van der Waals surface area (Å²) in [6.45, 7) is 15.7. The number of hydrogen-bond donors (Lipinski definition) is 7. The molecule has 77 heavy (non-hydrogen) atoms. The Kier molecular flexibility index (Phi) is 26.2. The predicted molar refractivity (Wildman–Crippen MR) is 272 cm³/mol. The summed E-state index contributed by atoms with van der Waals surface area (Å²) < 4.78 is 69.1. The van der Waals surface area contributed by atoms with Crippen molar-refractivity contribution in [3.8, 4) is 0 Å². The lowest BCUT2D eigenvalue weighted by Crippen LogP contribution is -2.70. The Labute approximate surface area is 454 Å². The van der Waals surface area contributed by atoms with E-state index in [1.807, 2.05) is 0 Å². The number of esters is 4. The summed E-state index contributed by atoms with van der Waals surface area (Å²) in [4.78, 5) is 54.0. The molecule has 5 saturated heterocycles. The van der Waals surface area contributed by atoms with Gasteiger partial charge in [-0.05, 0) is 66.7 Å². The van der Waals surface area contributed by atoms with Gasteiger partial charge in [0.25, 0.3) is 0 Å². The molecule has 0 aromatic heterocycles. The molecule has 25 atom stereocenters. The molecule has 2 bridgehead atoms. The van der Waals surface area contributed by atoms with E-state index in [2.05, 4.69) is 6.92 Å². The third-order valence-electron chi connectivity index (χ3n) is 16.2. The van der Waals surface area contributed by atoms with Crippen molar-refractivity contribution < 1.29 is 107 Å². The van der Waals surface area contributed by atoms with Gasteiger partial charge in [-0.3, -0.25) is 19.2 Å². The van der Waals surface area contributed by atoms with E-state index in [0.29, 0.717) is 38.5 Å². The van der Waals surface area contributed by atoms with Gasteiger partial charge in [-0.2, -0.15) is 0 Å². The van der Waals surface area contributed by atoms with Crippen LogP contribution in [0.5, 0.6) is 0 Å². The molecule has 5 heterocycles. The van der Waals surface area contributed by atoms with Crippen LogP contribution in [0.25, 0.3) is 0 Å². The molecule has 5 aliphatic heterocycles. The molecule has 5 rings (SSSR count). The van der Waals surface area contributed by atoms with Crippen LogP contribution in [0.3, 0.4) is 0 Å². The van der Waals surface area contributed by atoms with Gasteiger partial charge in [0.1, 0.15) is 55.4 Å². The highest BCUT2D eigenvalue weighted by atomic mass is 16.8. The Morgan fingerprint density at radius 2 is 1.18 bits per heavy atom. The summed E-state index contributed by atoms with van der Waals surface area (Å²) in [6, 6.07) is 0. The summed E-state index contributed by atoms with van der Waals surface area (Å²) in [5, 5.41) is 81.0. The van der Waals surface area contributed by atoms with Gasteiger partial charge in [-0.1, -0.05) is 92.4 Å². The maximum Gasteiger partial charge on any atom is 0.311 e. The normalized spacial score (nSPS) is 40.6. The number of carbonyl (C=O) groups excluding carboxylic acids is 4. The van der Waals surface area contributed by atoms with Crippen molar-refractivity contribution >= 4 is 23.9 Å². The number of rotatable bonds is 16. The molecule has 22 heteroatoms. The zero-order chi connectivity index (χ0) is 56.8. The minimum Gasteiger partial charge on any atom is -0.463 e. The standard InChI is InChI=1S/C55H94O22/c1-11-14-20-23-34-24-21-18-16-15-17-19-22-25-36(57)73-48-45(76-54-43(63)42(62)44(32(9)69-54)74-50(64)27(4)12-2)33(10)70-55(49(48)75-51(65)28(5)13-3)77-47-41(61)39(59)35(26-67-52(66)29(6)30(7)56)72-46(47)37-40(60)38(58)31(8)68-53(37)71-34/h27-35,37-49,53-56,58-63H,11-26H2,1-10H3/t27-,28?,29-,30-,31+,32+,33-,34?,35+,37-,38+,39+,40+,41-,42+,43+,44+,45-,46-,47+,48+,49+,53-,54-,55-/m0/s1. The molecule has 0 radical (unpaired) electrons. The second-order valence-electron chi connectivity index (χ2n) is 22.3. The van der Waals surface area contributed by atoms with Crippen LogP contribution in [0.4, 0.5) is 0 Å².